The fourth-order valence-electron chi connectivity index (χ4n) is 1.69. The summed E-state index contributed by atoms with van der Waals surface area (Å²) in [5.41, 5.74) is 4.41. The smallest absolute Gasteiger partial charge is 0.267 e. The molecule has 112 valence electrons. The van der Waals surface area contributed by atoms with Crippen LogP contribution in [0.1, 0.15) is 0 Å². The average Bonchev–Trinajstić information content (AvgIpc) is 2.44. The molecule has 2 aromatic carbocycles. The van der Waals surface area contributed by atoms with Crippen molar-refractivity contribution in [2.75, 3.05) is 17.1 Å². The number of nitrogens with zero attached hydrogens (tertiary/aromatic N) is 1. The van der Waals surface area contributed by atoms with Crippen LogP contribution in [-0.2, 0) is 10.0 Å². The van der Waals surface area contributed by atoms with Gasteiger partial charge in [0.05, 0.1) is 5.69 Å². The van der Waals surface area contributed by atoms with Gasteiger partial charge in [0, 0.05) is 7.05 Å². The second-order valence-corrected chi connectivity index (χ2v) is 6.16. The molecule has 0 bridgehead atoms. The maximum absolute atomic E-state index is 13.9. The van der Waals surface area contributed by atoms with E-state index in [4.69, 9.17) is 5.73 Å². The number of halogens is 3. The first kappa shape index (κ1) is 15.2. The molecule has 0 aliphatic carbocycles. The van der Waals surface area contributed by atoms with Gasteiger partial charge >= 0.3 is 0 Å². The van der Waals surface area contributed by atoms with E-state index in [1.54, 1.807) is 0 Å². The fourth-order valence-corrected chi connectivity index (χ4v) is 2.96. The molecule has 2 N–H and O–H groups in total. The van der Waals surface area contributed by atoms with Gasteiger partial charge in [0.1, 0.15) is 22.2 Å². The maximum Gasteiger partial charge on any atom is 0.267 e. The number of nitrogens with two attached hydrogens (primary N) is 1. The van der Waals surface area contributed by atoms with E-state index in [1.165, 1.54) is 19.2 Å². The molecule has 0 heterocycles. The summed E-state index contributed by atoms with van der Waals surface area (Å²) in [6, 6.07) is 6.13. The first-order valence-corrected chi connectivity index (χ1v) is 7.17. The molecule has 4 nitrogen and oxygen atoms in total. The van der Waals surface area contributed by atoms with E-state index in [0.717, 1.165) is 28.6 Å². The van der Waals surface area contributed by atoms with Gasteiger partial charge in [0.15, 0.2) is 5.82 Å². The number of nitrogen functional groups attached to an aromatic ring is 1. The van der Waals surface area contributed by atoms with Crippen molar-refractivity contribution in [3.05, 3.63) is 53.8 Å². The zero-order valence-corrected chi connectivity index (χ0v) is 11.7. The van der Waals surface area contributed by atoms with Gasteiger partial charge in [-0.25, -0.2) is 21.6 Å². The second-order valence-electron chi connectivity index (χ2n) is 4.22. The Morgan fingerprint density at radius 3 is 2.14 bits per heavy atom. The first-order valence-electron chi connectivity index (χ1n) is 5.73. The summed E-state index contributed by atoms with van der Waals surface area (Å²) in [6.07, 6.45) is 0. The van der Waals surface area contributed by atoms with Crippen molar-refractivity contribution >= 4 is 21.4 Å². The van der Waals surface area contributed by atoms with E-state index in [9.17, 15) is 21.6 Å². The number of benzene rings is 2. The molecular formula is C13H11F3N2O2S. The SMILES string of the molecule is CN(c1ccc(F)cc1)S(=O)(=O)c1ccc(F)c(N)c1F. The lowest BCUT2D eigenvalue weighted by Crippen LogP contribution is -2.27. The van der Waals surface area contributed by atoms with Crippen molar-refractivity contribution in [3.8, 4) is 0 Å². The van der Waals surface area contributed by atoms with Gasteiger partial charge in [0.25, 0.3) is 10.0 Å². The fraction of sp³-hybridized carbons (Fsp3) is 0.0769. The van der Waals surface area contributed by atoms with Crippen LogP contribution in [-0.4, -0.2) is 15.5 Å². The zero-order valence-electron chi connectivity index (χ0n) is 10.8. The Labute approximate surface area is 119 Å². The van der Waals surface area contributed by atoms with Crippen LogP contribution in [0.2, 0.25) is 0 Å². The van der Waals surface area contributed by atoms with Crippen molar-refractivity contribution < 1.29 is 21.6 Å². The Hall–Kier alpha value is -2.22. The maximum atomic E-state index is 13.9. The molecule has 0 saturated carbocycles. The number of sulfonamides is 1. The van der Waals surface area contributed by atoms with E-state index in [0.29, 0.717) is 0 Å². The van der Waals surface area contributed by atoms with Gasteiger partial charge in [0.2, 0.25) is 0 Å². The summed E-state index contributed by atoms with van der Waals surface area (Å²) in [4.78, 5) is -0.756. The summed E-state index contributed by atoms with van der Waals surface area (Å²) < 4.78 is 65.2. The van der Waals surface area contributed by atoms with Crippen LogP contribution >= 0.6 is 0 Å². The van der Waals surface area contributed by atoms with Crippen molar-refractivity contribution in [2.24, 2.45) is 0 Å². The van der Waals surface area contributed by atoms with Gasteiger partial charge in [-0.05, 0) is 36.4 Å². The van der Waals surface area contributed by atoms with Crippen LogP contribution in [0.5, 0.6) is 0 Å². The van der Waals surface area contributed by atoms with Crippen molar-refractivity contribution in [1.82, 2.24) is 0 Å². The Bertz CT molecular complexity index is 777. The average molecular weight is 316 g/mol. The Morgan fingerprint density at radius 2 is 1.57 bits per heavy atom. The predicted molar refractivity (Wildman–Crippen MR) is 72.8 cm³/mol. The Balaban J connectivity index is 2.52. The number of anilines is 2. The van der Waals surface area contributed by atoms with Crippen molar-refractivity contribution in [2.45, 2.75) is 4.90 Å². The standard InChI is InChI=1S/C13H11F3N2O2S/c1-18(9-4-2-8(14)3-5-9)21(19,20)11-7-6-10(15)13(17)12(11)16/h2-7H,17H2,1H3. The normalized spacial score (nSPS) is 11.4. The van der Waals surface area contributed by atoms with Crippen LogP contribution in [0.25, 0.3) is 0 Å². The molecule has 2 rings (SSSR count). The lowest BCUT2D eigenvalue weighted by atomic mass is 10.3. The van der Waals surface area contributed by atoms with Gasteiger partial charge in [-0.1, -0.05) is 0 Å². The van der Waals surface area contributed by atoms with Gasteiger partial charge < -0.3 is 5.73 Å². The molecule has 0 radical (unpaired) electrons. The van der Waals surface area contributed by atoms with Crippen molar-refractivity contribution in [3.63, 3.8) is 0 Å². The van der Waals surface area contributed by atoms with Crippen LogP contribution in [0.15, 0.2) is 41.3 Å². The lowest BCUT2D eigenvalue weighted by Gasteiger charge is -2.20. The number of hydrogen-bond donors (Lipinski definition) is 1. The van der Waals surface area contributed by atoms with E-state index < -0.39 is 38.1 Å². The molecule has 0 spiro atoms. The third-order valence-electron chi connectivity index (χ3n) is 2.92. The van der Waals surface area contributed by atoms with E-state index >= 15 is 0 Å². The summed E-state index contributed by atoms with van der Waals surface area (Å²) >= 11 is 0. The quantitative estimate of drug-likeness (QED) is 0.885. The highest BCUT2D eigenvalue weighted by molar-refractivity contribution is 7.92. The van der Waals surface area contributed by atoms with Gasteiger partial charge in [-0.15, -0.1) is 0 Å². The van der Waals surface area contributed by atoms with Crippen LogP contribution in [0, 0.1) is 17.5 Å². The van der Waals surface area contributed by atoms with Crippen LogP contribution < -0.4 is 10.0 Å². The highest BCUT2D eigenvalue weighted by atomic mass is 32.2. The molecule has 0 aromatic heterocycles. The summed E-state index contributed by atoms with van der Waals surface area (Å²) in [5.74, 6) is -2.94. The Kier molecular flexibility index (Phi) is 3.82. The number of rotatable bonds is 3. The summed E-state index contributed by atoms with van der Waals surface area (Å²) in [7, 11) is -3.12. The molecule has 21 heavy (non-hydrogen) atoms. The van der Waals surface area contributed by atoms with E-state index in [1.807, 2.05) is 0 Å². The molecular weight excluding hydrogens is 305 g/mol. The molecule has 0 saturated heterocycles. The minimum absolute atomic E-state index is 0.124. The topological polar surface area (TPSA) is 63.4 Å². The minimum atomic E-state index is -4.29. The van der Waals surface area contributed by atoms with E-state index in [2.05, 4.69) is 0 Å². The van der Waals surface area contributed by atoms with Gasteiger partial charge in [-0.2, -0.15) is 0 Å². The number of hydrogen-bond acceptors (Lipinski definition) is 3. The Morgan fingerprint density at radius 1 is 1.00 bits per heavy atom. The minimum Gasteiger partial charge on any atom is -0.394 e. The molecule has 0 aliphatic rings. The van der Waals surface area contributed by atoms with Gasteiger partial charge in [-0.3, -0.25) is 4.31 Å². The molecule has 0 atom stereocenters. The summed E-state index contributed by atoms with van der Waals surface area (Å²) in [6.45, 7) is 0. The third kappa shape index (κ3) is 2.66. The highest BCUT2D eigenvalue weighted by Gasteiger charge is 2.27. The summed E-state index contributed by atoms with van der Waals surface area (Å²) in [5, 5.41) is 0. The molecule has 2 aromatic rings. The molecule has 0 fully saturated rings. The predicted octanol–water partition coefficient (Wildman–Crippen LogP) is 2.51. The molecule has 8 heteroatoms. The monoisotopic (exact) mass is 316 g/mol. The molecule has 0 unspecified atom stereocenters. The molecule has 0 amide bonds. The van der Waals surface area contributed by atoms with Crippen LogP contribution in [0.3, 0.4) is 0 Å². The molecule has 0 aliphatic heterocycles. The largest absolute Gasteiger partial charge is 0.394 e. The second kappa shape index (κ2) is 5.28. The van der Waals surface area contributed by atoms with Crippen LogP contribution in [0.4, 0.5) is 24.5 Å². The third-order valence-corrected chi connectivity index (χ3v) is 4.72. The van der Waals surface area contributed by atoms with Crippen molar-refractivity contribution in [1.29, 1.82) is 0 Å². The first-order chi connectivity index (χ1) is 9.75. The highest BCUT2D eigenvalue weighted by Crippen LogP contribution is 2.27. The lowest BCUT2D eigenvalue weighted by molar-refractivity contribution is 0.554. The zero-order chi connectivity index (χ0) is 15.8. The van der Waals surface area contributed by atoms with E-state index in [-0.39, 0.29) is 5.69 Å².